The molecule has 1 rings (SSSR count). The summed E-state index contributed by atoms with van der Waals surface area (Å²) in [5.74, 6) is 0. The Labute approximate surface area is 98.2 Å². The minimum absolute atomic E-state index is 1.01. The van der Waals surface area contributed by atoms with E-state index in [4.69, 9.17) is 0 Å². The van der Waals surface area contributed by atoms with E-state index in [2.05, 4.69) is 43.1 Å². The molecule has 0 aromatic heterocycles. The van der Waals surface area contributed by atoms with Crippen molar-refractivity contribution in [3.05, 3.63) is 66.4 Å². The fourth-order valence-electron chi connectivity index (χ4n) is 1.41. The molecule has 0 aliphatic heterocycles. The molecule has 0 radical (unpaired) electrons. The summed E-state index contributed by atoms with van der Waals surface area (Å²) in [6.45, 7) is 6.19. The van der Waals surface area contributed by atoms with Gasteiger partial charge < -0.3 is 5.32 Å². The second-order valence-electron chi connectivity index (χ2n) is 3.59. The monoisotopic (exact) mass is 213 g/mol. The molecule has 1 N–H and O–H groups in total. The highest BCUT2D eigenvalue weighted by atomic mass is 14.8. The van der Waals surface area contributed by atoms with Crippen molar-refractivity contribution in [3.63, 3.8) is 0 Å². The van der Waals surface area contributed by atoms with Gasteiger partial charge in [-0.2, -0.15) is 0 Å². The van der Waals surface area contributed by atoms with Gasteiger partial charge in [0.2, 0.25) is 0 Å². The lowest BCUT2D eigenvalue weighted by Gasteiger charge is -2.01. The topological polar surface area (TPSA) is 12.0 Å². The lowest BCUT2D eigenvalue weighted by molar-refractivity contribution is 1.04. The lowest BCUT2D eigenvalue weighted by atomic mass is 10.1. The maximum absolute atomic E-state index is 4.06. The van der Waals surface area contributed by atoms with Crippen molar-refractivity contribution in [1.29, 1.82) is 0 Å². The van der Waals surface area contributed by atoms with Gasteiger partial charge in [-0.25, -0.2) is 0 Å². The highest BCUT2D eigenvalue weighted by Gasteiger charge is 1.93. The van der Waals surface area contributed by atoms with E-state index in [0.29, 0.717) is 0 Å². The van der Waals surface area contributed by atoms with E-state index in [1.807, 2.05) is 31.4 Å². The standard InChI is InChI=1S/C15H19N/c1-4-14(12-16-3)11-10-13(2)15-8-6-5-7-9-15/h5-12,16H,2,4H2,1,3H3/b11-10-,14-12-. The van der Waals surface area contributed by atoms with Crippen molar-refractivity contribution in [1.82, 2.24) is 5.32 Å². The van der Waals surface area contributed by atoms with Crippen LogP contribution in [0.4, 0.5) is 0 Å². The molecule has 0 atom stereocenters. The lowest BCUT2D eigenvalue weighted by Crippen LogP contribution is -1.94. The van der Waals surface area contributed by atoms with Gasteiger partial charge >= 0.3 is 0 Å². The molecule has 0 spiro atoms. The number of hydrogen-bond acceptors (Lipinski definition) is 1. The van der Waals surface area contributed by atoms with Crippen LogP contribution < -0.4 is 5.32 Å². The first-order valence-corrected chi connectivity index (χ1v) is 5.56. The van der Waals surface area contributed by atoms with Crippen LogP contribution in [0.25, 0.3) is 5.57 Å². The molecular weight excluding hydrogens is 194 g/mol. The van der Waals surface area contributed by atoms with Gasteiger partial charge in [-0.15, -0.1) is 0 Å². The SMILES string of the molecule is C=C(/C=C\C(=C/NC)CC)c1ccccc1. The summed E-state index contributed by atoms with van der Waals surface area (Å²) in [7, 11) is 1.91. The molecule has 0 aliphatic rings. The summed E-state index contributed by atoms with van der Waals surface area (Å²) < 4.78 is 0. The van der Waals surface area contributed by atoms with Crippen molar-refractivity contribution in [2.24, 2.45) is 0 Å². The Morgan fingerprint density at radius 3 is 2.50 bits per heavy atom. The van der Waals surface area contributed by atoms with Gasteiger partial charge in [-0.1, -0.05) is 56.0 Å². The van der Waals surface area contributed by atoms with Crippen molar-refractivity contribution in [2.45, 2.75) is 13.3 Å². The molecule has 1 aromatic carbocycles. The largest absolute Gasteiger partial charge is 0.394 e. The molecule has 84 valence electrons. The van der Waals surface area contributed by atoms with Gasteiger partial charge in [-0.05, 0) is 29.3 Å². The Morgan fingerprint density at radius 2 is 1.94 bits per heavy atom. The van der Waals surface area contributed by atoms with Crippen LogP contribution in [0.5, 0.6) is 0 Å². The predicted molar refractivity (Wildman–Crippen MR) is 72.0 cm³/mol. The highest BCUT2D eigenvalue weighted by molar-refractivity contribution is 5.72. The Kier molecular flexibility index (Phi) is 5.13. The minimum Gasteiger partial charge on any atom is -0.394 e. The maximum atomic E-state index is 4.06. The quantitative estimate of drug-likeness (QED) is 0.734. The van der Waals surface area contributed by atoms with E-state index >= 15 is 0 Å². The third-order valence-corrected chi connectivity index (χ3v) is 2.38. The van der Waals surface area contributed by atoms with Gasteiger partial charge in [0.15, 0.2) is 0 Å². The van der Waals surface area contributed by atoms with E-state index < -0.39 is 0 Å². The van der Waals surface area contributed by atoms with E-state index in [1.165, 1.54) is 11.1 Å². The molecule has 1 nitrogen and oxygen atoms in total. The first-order chi connectivity index (χ1) is 7.77. The second-order valence-corrected chi connectivity index (χ2v) is 3.59. The first-order valence-electron chi connectivity index (χ1n) is 5.56. The Balaban J connectivity index is 2.71. The zero-order valence-electron chi connectivity index (χ0n) is 10.0. The third-order valence-electron chi connectivity index (χ3n) is 2.38. The summed E-state index contributed by atoms with van der Waals surface area (Å²) in [6.07, 6.45) is 7.18. The van der Waals surface area contributed by atoms with Gasteiger partial charge in [0.25, 0.3) is 0 Å². The zero-order chi connectivity index (χ0) is 11.8. The average Bonchev–Trinajstić information content (AvgIpc) is 2.35. The van der Waals surface area contributed by atoms with Crippen molar-refractivity contribution in [2.75, 3.05) is 7.05 Å². The van der Waals surface area contributed by atoms with Crippen molar-refractivity contribution >= 4 is 5.57 Å². The number of nitrogens with one attached hydrogen (secondary N) is 1. The number of rotatable bonds is 5. The predicted octanol–water partition coefficient (Wildman–Crippen LogP) is 3.77. The molecule has 0 fully saturated rings. The van der Waals surface area contributed by atoms with Crippen molar-refractivity contribution < 1.29 is 0 Å². The summed E-state index contributed by atoms with van der Waals surface area (Å²) in [4.78, 5) is 0. The highest BCUT2D eigenvalue weighted by Crippen LogP contribution is 2.14. The van der Waals surface area contributed by atoms with Gasteiger partial charge in [0.1, 0.15) is 0 Å². The van der Waals surface area contributed by atoms with E-state index in [-0.39, 0.29) is 0 Å². The Bertz CT molecular complexity index is 385. The molecule has 0 amide bonds. The van der Waals surface area contributed by atoms with Crippen LogP contribution in [-0.4, -0.2) is 7.05 Å². The smallest absolute Gasteiger partial charge is 0.00278 e. The van der Waals surface area contributed by atoms with Crippen LogP contribution in [0.1, 0.15) is 18.9 Å². The molecule has 16 heavy (non-hydrogen) atoms. The van der Waals surface area contributed by atoms with E-state index in [9.17, 15) is 0 Å². The number of benzene rings is 1. The van der Waals surface area contributed by atoms with E-state index in [0.717, 1.165) is 12.0 Å². The van der Waals surface area contributed by atoms with Crippen LogP contribution in [-0.2, 0) is 0 Å². The molecule has 0 saturated carbocycles. The maximum Gasteiger partial charge on any atom is 0.00278 e. The molecular formula is C15H19N. The molecule has 0 unspecified atom stereocenters. The minimum atomic E-state index is 1.01. The second kappa shape index (κ2) is 6.67. The molecule has 1 aromatic rings. The van der Waals surface area contributed by atoms with Crippen molar-refractivity contribution in [3.8, 4) is 0 Å². The molecule has 0 heterocycles. The summed E-state index contributed by atoms with van der Waals surface area (Å²) in [6, 6.07) is 10.2. The molecule has 0 saturated heterocycles. The Morgan fingerprint density at radius 1 is 1.25 bits per heavy atom. The van der Waals surface area contributed by atoms with Gasteiger partial charge in [0, 0.05) is 7.05 Å². The van der Waals surface area contributed by atoms with Crippen LogP contribution in [0, 0.1) is 0 Å². The Hall–Kier alpha value is -1.76. The molecule has 1 heteroatoms. The third kappa shape index (κ3) is 3.77. The fourth-order valence-corrected chi connectivity index (χ4v) is 1.41. The number of allylic oxidation sites excluding steroid dienone is 4. The summed E-state index contributed by atoms with van der Waals surface area (Å²) in [5.41, 5.74) is 3.47. The average molecular weight is 213 g/mol. The van der Waals surface area contributed by atoms with Crippen LogP contribution in [0.2, 0.25) is 0 Å². The number of hydrogen-bond donors (Lipinski definition) is 1. The summed E-state index contributed by atoms with van der Waals surface area (Å²) >= 11 is 0. The fraction of sp³-hybridized carbons (Fsp3) is 0.200. The van der Waals surface area contributed by atoms with E-state index in [1.54, 1.807) is 0 Å². The first kappa shape index (κ1) is 12.3. The molecule has 0 bridgehead atoms. The van der Waals surface area contributed by atoms with Crippen LogP contribution in [0.3, 0.4) is 0 Å². The molecule has 0 aliphatic carbocycles. The van der Waals surface area contributed by atoms with Gasteiger partial charge in [-0.3, -0.25) is 0 Å². The zero-order valence-corrected chi connectivity index (χ0v) is 10.0. The van der Waals surface area contributed by atoms with Crippen LogP contribution >= 0.6 is 0 Å². The summed E-state index contributed by atoms with van der Waals surface area (Å²) in [5, 5.41) is 3.04. The normalized spacial score (nSPS) is 11.8. The van der Waals surface area contributed by atoms with Gasteiger partial charge in [0.05, 0.1) is 0 Å². The van der Waals surface area contributed by atoms with Crippen LogP contribution in [0.15, 0.2) is 60.8 Å².